The summed E-state index contributed by atoms with van der Waals surface area (Å²) in [5.74, 6) is 0.372. The van der Waals surface area contributed by atoms with E-state index in [1.807, 2.05) is 48.5 Å². The molecule has 0 unspecified atom stereocenters. The van der Waals surface area contributed by atoms with Gasteiger partial charge < -0.3 is 4.74 Å². The van der Waals surface area contributed by atoms with Gasteiger partial charge >= 0.3 is 0 Å². The molecule has 5 heteroatoms. The number of aryl methyl sites for hydroxylation is 1. The number of ether oxygens (including phenoxy) is 1. The maximum absolute atomic E-state index is 11.6. The van der Waals surface area contributed by atoms with Crippen LogP contribution in [0.3, 0.4) is 0 Å². The second-order valence-corrected chi connectivity index (χ2v) is 5.55. The van der Waals surface area contributed by atoms with Crippen LogP contribution in [0.25, 0.3) is 0 Å². The first-order valence-electron chi connectivity index (χ1n) is 6.96. The van der Waals surface area contributed by atoms with Crippen LogP contribution in [0.2, 0.25) is 0 Å². The molecule has 0 aliphatic heterocycles. The van der Waals surface area contributed by atoms with Crippen molar-refractivity contribution >= 4 is 28.1 Å². The van der Waals surface area contributed by atoms with E-state index in [9.17, 15) is 4.79 Å². The summed E-state index contributed by atoms with van der Waals surface area (Å²) in [6, 6.07) is 15.3. The number of benzene rings is 2. The topological polar surface area (TPSA) is 50.7 Å². The van der Waals surface area contributed by atoms with Gasteiger partial charge in [0.2, 0.25) is 0 Å². The van der Waals surface area contributed by atoms with Crippen LogP contribution in [0.4, 0.5) is 0 Å². The molecule has 2 rings (SSSR count). The molecule has 0 aliphatic carbocycles. The van der Waals surface area contributed by atoms with Crippen molar-refractivity contribution in [2.45, 2.75) is 13.3 Å². The molecule has 4 nitrogen and oxygen atoms in total. The van der Waals surface area contributed by atoms with E-state index in [4.69, 9.17) is 4.74 Å². The number of carbonyl (C=O) groups is 1. The van der Waals surface area contributed by atoms with Crippen molar-refractivity contribution in [1.29, 1.82) is 0 Å². The maximum Gasteiger partial charge on any atom is 0.277 e. The molecule has 1 N–H and O–H groups in total. The Morgan fingerprint density at radius 3 is 2.50 bits per heavy atom. The van der Waals surface area contributed by atoms with E-state index in [0.717, 1.165) is 16.5 Å². The molecular weight excluding hydrogens is 344 g/mol. The van der Waals surface area contributed by atoms with Crippen LogP contribution in [0.1, 0.15) is 18.1 Å². The number of hydrogen-bond donors (Lipinski definition) is 1. The second-order valence-electron chi connectivity index (χ2n) is 4.63. The van der Waals surface area contributed by atoms with E-state index in [2.05, 4.69) is 33.4 Å². The number of halogens is 1. The van der Waals surface area contributed by atoms with E-state index in [1.54, 1.807) is 6.21 Å². The summed E-state index contributed by atoms with van der Waals surface area (Å²) in [5, 5.41) is 3.89. The van der Waals surface area contributed by atoms with E-state index < -0.39 is 0 Å². The Kier molecular flexibility index (Phi) is 6.15. The highest BCUT2D eigenvalue weighted by Gasteiger charge is 2.01. The molecule has 0 aromatic heterocycles. The highest BCUT2D eigenvalue weighted by molar-refractivity contribution is 9.10. The van der Waals surface area contributed by atoms with E-state index in [-0.39, 0.29) is 12.5 Å². The summed E-state index contributed by atoms with van der Waals surface area (Å²) >= 11 is 3.36. The fraction of sp³-hybridized carbons (Fsp3) is 0.176. The quantitative estimate of drug-likeness (QED) is 0.632. The molecule has 114 valence electrons. The lowest BCUT2D eigenvalue weighted by Crippen LogP contribution is -2.24. The van der Waals surface area contributed by atoms with Gasteiger partial charge in [-0.2, -0.15) is 5.10 Å². The molecule has 0 aliphatic rings. The molecule has 22 heavy (non-hydrogen) atoms. The summed E-state index contributed by atoms with van der Waals surface area (Å²) in [5.41, 5.74) is 4.57. The fourth-order valence-corrected chi connectivity index (χ4v) is 1.99. The number of nitrogens with one attached hydrogen (secondary N) is 1. The fourth-order valence-electron chi connectivity index (χ4n) is 1.73. The molecule has 0 radical (unpaired) electrons. The van der Waals surface area contributed by atoms with Gasteiger partial charge in [-0.1, -0.05) is 47.1 Å². The summed E-state index contributed by atoms with van der Waals surface area (Å²) < 4.78 is 6.39. The molecule has 2 aromatic rings. The summed E-state index contributed by atoms with van der Waals surface area (Å²) in [6.45, 7) is 2.02. The summed E-state index contributed by atoms with van der Waals surface area (Å²) in [4.78, 5) is 11.6. The van der Waals surface area contributed by atoms with Crippen molar-refractivity contribution in [3.8, 4) is 5.75 Å². The lowest BCUT2D eigenvalue weighted by Gasteiger charge is -2.05. The van der Waals surface area contributed by atoms with Crippen LogP contribution in [0.15, 0.2) is 58.1 Å². The molecule has 0 spiro atoms. The molecule has 0 saturated heterocycles. The second kappa shape index (κ2) is 8.34. The van der Waals surface area contributed by atoms with Crippen LogP contribution in [-0.2, 0) is 11.2 Å². The molecule has 0 bridgehead atoms. The third-order valence-corrected chi connectivity index (χ3v) is 3.50. The van der Waals surface area contributed by atoms with Gasteiger partial charge in [-0.15, -0.1) is 0 Å². The smallest absolute Gasteiger partial charge is 0.277 e. The maximum atomic E-state index is 11.6. The van der Waals surface area contributed by atoms with Gasteiger partial charge in [0.1, 0.15) is 5.75 Å². The Hall–Kier alpha value is -2.14. The van der Waals surface area contributed by atoms with Crippen LogP contribution < -0.4 is 10.2 Å². The normalized spacial score (nSPS) is 10.6. The lowest BCUT2D eigenvalue weighted by atomic mass is 10.2. The third kappa shape index (κ3) is 5.33. The SMILES string of the molecule is CCc1ccc(OCC(=O)N/N=C/c2ccc(Br)cc2)cc1. The number of nitrogens with zero attached hydrogens (tertiary/aromatic N) is 1. The van der Waals surface area contributed by atoms with Crippen LogP contribution in [-0.4, -0.2) is 18.7 Å². The minimum absolute atomic E-state index is 0.0663. The van der Waals surface area contributed by atoms with Gasteiger partial charge in [-0.3, -0.25) is 4.79 Å². The number of hydrogen-bond acceptors (Lipinski definition) is 3. The summed E-state index contributed by atoms with van der Waals surface area (Å²) in [6.07, 6.45) is 2.56. The molecule has 1 amide bonds. The zero-order valence-corrected chi connectivity index (χ0v) is 13.8. The zero-order valence-electron chi connectivity index (χ0n) is 12.3. The molecule has 2 aromatic carbocycles. The van der Waals surface area contributed by atoms with E-state index >= 15 is 0 Å². The van der Waals surface area contributed by atoms with Gasteiger partial charge in [-0.25, -0.2) is 5.43 Å². The third-order valence-electron chi connectivity index (χ3n) is 2.97. The average molecular weight is 361 g/mol. The number of carbonyl (C=O) groups excluding carboxylic acids is 1. The molecule has 0 heterocycles. The highest BCUT2D eigenvalue weighted by atomic mass is 79.9. The number of rotatable bonds is 6. The van der Waals surface area contributed by atoms with Crippen molar-refractivity contribution in [2.75, 3.05) is 6.61 Å². The van der Waals surface area contributed by atoms with Crippen LogP contribution in [0, 0.1) is 0 Å². The minimum Gasteiger partial charge on any atom is -0.484 e. The highest BCUT2D eigenvalue weighted by Crippen LogP contribution is 2.12. The minimum atomic E-state index is -0.298. The van der Waals surface area contributed by atoms with Crippen LogP contribution >= 0.6 is 15.9 Å². The van der Waals surface area contributed by atoms with Crippen molar-refractivity contribution in [1.82, 2.24) is 5.43 Å². The standard InChI is InChI=1S/C17H17BrN2O2/c1-2-13-5-9-16(10-6-13)22-12-17(21)20-19-11-14-3-7-15(18)8-4-14/h3-11H,2,12H2,1H3,(H,20,21)/b19-11+. The summed E-state index contributed by atoms with van der Waals surface area (Å²) in [7, 11) is 0. The van der Waals surface area contributed by atoms with Crippen LogP contribution in [0.5, 0.6) is 5.75 Å². The van der Waals surface area contributed by atoms with Crippen molar-refractivity contribution in [3.05, 3.63) is 64.1 Å². The zero-order chi connectivity index (χ0) is 15.8. The van der Waals surface area contributed by atoms with Gasteiger partial charge in [0, 0.05) is 4.47 Å². The Morgan fingerprint density at radius 2 is 1.86 bits per heavy atom. The predicted molar refractivity (Wildman–Crippen MR) is 91.2 cm³/mol. The van der Waals surface area contributed by atoms with E-state index in [1.165, 1.54) is 5.56 Å². The van der Waals surface area contributed by atoms with Gasteiger partial charge in [0.25, 0.3) is 5.91 Å². The van der Waals surface area contributed by atoms with Crippen molar-refractivity contribution < 1.29 is 9.53 Å². The number of amides is 1. The van der Waals surface area contributed by atoms with Crippen molar-refractivity contribution in [3.63, 3.8) is 0 Å². The monoisotopic (exact) mass is 360 g/mol. The molecule has 0 saturated carbocycles. The van der Waals surface area contributed by atoms with Gasteiger partial charge in [0.05, 0.1) is 6.21 Å². The van der Waals surface area contributed by atoms with E-state index in [0.29, 0.717) is 5.75 Å². The molecule has 0 fully saturated rings. The largest absolute Gasteiger partial charge is 0.484 e. The van der Waals surface area contributed by atoms with Gasteiger partial charge in [-0.05, 0) is 41.8 Å². The van der Waals surface area contributed by atoms with Gasteiger partial charge in [0.15, 0.2) is 6.61 Å². The average Bonchev–Trinajstić information content (AvgIpc) is 2.55. The molecule has 0 atom stereocenters. The Morgan fingerprint density at radius 1 is 1.18 bits per heavy atom. The first kappa shape index (κ1) is 16.2. The first-order valence-corrected chi connectivity index (χ1v) is 7.76. The lowest BCUT2D eigenvalue weighted by molar-refractivity contribution is -0.123. The Labute approximate surface area is 138 Å². The van der Waals surface area contributed by atoms with Crippen molar-refractivity contribution in [2.24, 2.45) is 5.10 Å². The first-order chi connectivity index (χ1) is 10.7. The predicted octanol–water partition coefficient (Wildman–Crippen LogP) is 3.54. The Bertz CT molecular complexity index is 637. The number of hydrazone groups is 1. The Balaban J connectivity index is 1.76. The molecular formula is C17H17BrN2O2.